The molecular weight excluding hydrogens is 242 g/mol. The largest absolute Gasteiger partial charge is 0.409 e. The molecule has 19 heavy (non-hydrogen) atoms. The minimum absolute atomic E-state index is 0.138. The smallest absolute Gasteiger partial charge is 0.219 e. The average molecular weight is 271 g/mol. The third-order valence-electron chi connectivity index (χ3n) is 3.07. The molecule has 5 heteroatoms. The number of nitrogens with one attached hydrogen (secondary N) is 1. The highest BCUT2D eigenvalue weighted by Gasteiger charge is 2.00. The van der Waals surface area contributed by atoms with Gasteiger partial charge in [0.25, 0.3) is 0 Å². The minimum Gasteiger partial charge on any atom is -0.409 e. The summed E-state index contributed by atoms with van der Waals surface area (Å²) in [5.74, 6) is 0.387. The lowest BCUT2D eigenvalue weighted by Crippen LogP contribution is -2.24. The van der Waals surface area contributed by atoms with Gasteiger partial charge in [0.05, 0.1) is 0 Å². The monoisotopic (exact) mass is 271 g/mol. The summed E-state index contributed by atoms with van der Waals surface area (Å²) in [6.45, 7) is 2.88. The second-order valence-corrected chi connectivity index (χ2v) is 4.92. The molecule has 112 valence electrons. The third kappa shape index (κ3) is 13.0. The number of carbonyl (C=O) groups is 1. The van der Waals surface area contributed by atoms with Gasteiger partial charge in [0.15, 0.2) is 0 Å². The minimum atomic E-state index is 0.138. The quantitative estimate of drug-likeness (QED) is 0.168. The van der Waals surface area contributed by atoms with Gasteiger partial charge in [-0.25, -0.2) is 0 Å². The van der Waals surface area contributed by atoms with Crippen molar-refractivity contribution in [3.05, 3.63) is 0 Å². The number of hydrogen-bond donors (Lipinski definition) is 3. The lowest BCUT2D eigenvalue weighted by molar-refractivity contribution is -0.121. The molecule has 0 aromatic carbocycles. The number of hydrogen-bond acceptors (Lipinski definition) is 3. The van der Waals surface area contributed by atoms with Crippen LogP contribution in [0.4, 0.5) is 0 Å². The van der Waals surface area contributed by atoms with Gasteiger partial charge < -0.3 is 16.3 Å². The summed E-state index contributed by atoms with van der Waals surface area (Å²) in [6.07, 6.45) is 10.1. The summed E-state index contributed by atoms with van der Waals surface area (Å²) in [7, 11) is 0. The lowest BCUT2D eigenvalue weighted by Gasteiger charge is -2.05. The molecule has 0 aromatic rings. The molecule has 5 nitrogen and oxygen atoms in total. The Bertz CT molecular complexity index is 255. The van der Waals surface area contributed by atoms with Crippen molar-refractivity contribution in [1.82, 2.24) is 5.32 Å². The van der Waals surface area contributed by atoms with Crippen molar-refractivity contribution in [1.29, 1.82) is 0 Å². The summed E-state index contributed by atoms with van der Waals surface area (Å²) in [5, 5.41) is 14.1. The first-order valence-electron chi connectivity index (χ1n) is 7.43. The van der Waals surface area contributed by atoms with Gasteiger partial charge in [0.1, 0.15) is 5.84 Å². The molecule has 0 aliphatic carbocycles. The summed E-state index contributed by atoms with van der Waals surface area (Å²) in [6, 6.07) is 0. The lowest BCUT2D eigenvalue weighted by atomic mass is 10.1. The Morgan fingerprint density at radius 1 is 1.05 bits per heavy atom. The topological polar surface area (TPSA) is 87.7 Å². The average Bonchev–Trinajstić information content (AvgIpc) is 2.42. The van der Waals surface area contributed by atoms with Crippen LogP contribution < -0.4 is 11.1 Å². The molecule has 0 aliphatic rings. The van der Waals surface area contributed by atoms with Crippen molar-refractivity contribution < 1.29 is 10.0 Å². The van der Waals surface area contributed by atoms with Crippen molar-refractivity contribution in [2.75, 3.05) is 6.54 Å². The number of nitrogens with zero attached hydrogens (tertiary/aromatic N) is 1. The number of oxime groups is 1. The zero-order valence-corrected chi connectivity index (χ0v) is 12.2. The van der Waals surface area contributed by atoms with E-state index in [2.05, 4.69) is 17.4 Å². The Morgan fingerprint density at radius 3 is 2.37 bits per heavy atom. The number of carbonyl (C=O) groups excluding carboxylic acids is 1. The predicted molar refractivity (Wildman–Crippen MR) is 78.3 cm³/mol. The van der Waals surface area contributed by atoms with E-state index in [0.29, 0.717) is 19.4 Å². The normalized spacial score (nSPS) is 11.5. The van der Waals surface area contributed by atoms with Crippen LogP contribution in [0.5, 0.6) is 0 Å². The Labute approximate surface area is 116 Å². The summed E-state index contributed by atoms with van der Waals surface area (Å²) < 4.78 is 0. The Kier molecular flexibility index (Phi) is 12.3. The van der Waals surface area contributed by atoms with Gasteiger partial charge in [0, 0.05) is 19.4 Å². The van der Waals surface area contributed by atoms with Gasteiger partial charge in [-0.3, -0.25) is 4.79 Å². The van der Waals surface area contributed by atoms with E-state index in [0.717, 1.165) is 25.7 Å². The van der Waals surface area contributed by atoms with Crippen molar-refractivity contribution in [2.45, 2.75) is 71.1 Å². The van der Waals surface area contributed by atoms with Gasteiger partial charge in [-0.2, -0.15) is 0 Å². The number of rotatable bonds is 12. The molecule has 4 N–H and O–H groups in total. The fourth-order valence-electron chi connectivity index (χ4n) is 1.86. The van der Waals surface area contributed by atoms with Crippen molar-refractivity contribution in [3.8, 4) is 0 Å². The number of unbranched alkanes of at least 4 members (excludes halogenated alkanes) is 6. The molecule has 0 saturated carbocycles. The Balaban J connectivity index is 3.26. The summed E-state index contributed by atoms with van der Waals surface area (Å²) in [5.41, 5.74) is 5.34. The zero-order chi connectivity index (χ0) is 14.3. The van der Waals surface area contributed by atoms with Crippen LogP contribution in [0.25, 0.3) is 0 Å². The first-order chi connectivity index (χ1) is 9.20. The molecule has 0 aliphatic heterocycles. The van der Waals surface area contributed by atoms with Crippen LogP contribution in [0.1, 0.15) is 71.1 Å². The van der Waals surface area contributed by atoms with Crippen molar-refractivity contribution >= 4 is 11.7 Å². The molecule has 0 unspecified atom stereocenters. The van der Waals surface area contributed by atoms with Crippen LogP contribution in [0.2, 0.25) is 0 Å². The van der Waals surface area contributed by atoms with E-state index in [9.17, 15) is 4.79 Å². The second kappa shape index (κ2) is 13.2. The fraction of sp³-hybridized carbons (Fsp3) is 0.857. The molecule has 0 fully saturated rings. The maximum absolute atomic E-state index is 11.5. The van der Waals surface area contributed by atoms with Crippen LogP contribution in [0.15, 0.2) is 5.16 Å². The highest BCUT2D eigenvalue weighted by molar-refractivity contribution is 5.79. The van der Waals surface area contributed by atoms with Gasteiger partial charge >= 0.3 is 0 Å². The van der Waals surface area contributed by atoms with Crippen LogP contribution in [-0.2, 0) is 4.79 Å². The number of nitrogens with two attached hydrogens (primary N) is 1. The molecule has 1 amide bonds. The van der Waals surface area contributed by atoms with Gasteiger partial charge in [-0.1, -0.05) is 44.2 Å². The van der Waals surface area contributed by atoms with E-state index in [1.54, 1.807) is 0 Å². The van der Waals surface area contributed by atoms with E-state index in [4.69, 9.17) is 10.9 Å². The molecule has 0 heterocycles. The molecule has 0 spiro atoms. The second-order valence-electron chi connectivity index (χ2n) is 4.92. The van der Waals surface area contributed by atoms with Crippen molar-refractivity contribution in [3.63, 3.8) is 0 Å². The van der Waals surface area contributed by atoms with Gasteiger partial charge in [-0.15, -0.1) is 0 Å². The molecule has 0 atom stereocenters. The maximum atomic E-state index is 11.5. The Hall–Kier alpha value is -1.26. The van der Waals surface area contributed by atoms with Crippen LogP contribution >= 0.6 is 0 Å². The van der Waals surface area contributed by atoms with E-state index in [1.807, 2.05) is 0 Å². The molecule has 0 rings (SSSR count). The van der Waals surface area contributed by atoms with E-state index in [1.165, 1.54) is 25.7 Å². The third-order valence-corrected chi connectivity index (χ3v) is 3.07. The van der Waals surface area contributed by atoms with Crippen LogP contribution in [-0.4, -0.2) is 23.5 Å². The molecular formula is C14H29N3O2. The van der Waals surface area contributed by atoms with E-state index in [-0.39, 0.29) is 11.7 Å². The molecule has 0 saturated heterocycles. The SMILES string of the molecule is CCCCCCCCC(=O)NCCCCC(N)=NO. The number of amidine groups is 1. The van der Waals surface area contributed by atoms with Gasteiger partial charge in [0.2, 0.25) is 5.91 Å². The zero-order valence-electron chi connectivity index (χ0n) is 12.2. The van der Waals surface area contributed by atoms with Gasteiger partial charge in [-0.05, 0) is 19.3 Å². The molecule has 0 bridgehead atoms. The number of amides is 1. The first kappa shape index (κ1) is 17.7. The summed E-state index contributed by atoms with van der Waals surface area (Å²) in [4.78, 5) is 11.5. The molecule has 0 radical (unpaired) electrons. The predicted octanol–water partition coefficient (Wildman–Crippen LogP) is 2.77. The van der Waals surface area contributed by atoms with Crippen LogP contribution in [0.3, 0.4) is 0 Å². The van der Waals surface area contributed by atoms with E-state index >= 15 is 0 Å². The van der Waals surface area contributed by atoms with Crippen LogP contribution in [0, 0.1) is 0 Å². The highest BCUT2D eigenvalue weighted by atomic mass is 16.4. The summed E-state index contributed by atoms with van der Waals surface area (Å²) >= 11 is 0. The highest BCUT2D eigenvalue weighted by Crippen LogP contribution is 2.06. The van der Waals surface area contributed by atoms with Crippen molar-refractivity contribution in [2.24, 2.45) is 10.9 Å². The Morgan fingerprint density at radius 2 is 1.68 bits per heavy atom. The standard InChI is InChI=1S/C14H29N3O2/c1-2-3-4-5-6-7-11-14(18)16-12-9-8-10-13(15)17-19/h19H,2-12H2,1H3,(H2,15,17)(H,16,18). The maximum Gasteiger partial charge on any atom is 0.219 e. The molecule has 0 aromatic heterocycles. The van der Waals surface area contributed by atoms with E-state index < -0.39 is 0 Å². The first-order valence-corrected chi connectivity index (χ1v) is 7.43. The fourth-order valence-corrected chi connectivity index (χ4v) is 1.86.